The molecular formula is C29H26ClF4N3O4. The van der Waals surface area contributed by atoms with Gasteiger partial charge in [0.1, 0.15) is 11.6 Å². The number of aliphatic hydroxyl groups is 1. The Morgan fingerprint density at radius 1 is 1.15 bits per heavy atom. The SMILES string of the molecule is COc1ccc(F)c(C2(O)C(=O)N(C[C@H]3CC[C@H](NC(=O)c4cc(Cl)cnc4C(F)(F)F)CC3)c3ccccc32)c1. The van der Waals surface area contributed by atoms with Crippen LogP contribution in [0, 0.1) is 11.7 Å². The molecule has 3 aromatic rings. The highest BCUT2D eigenvalue weighted by atomic mass is 35.5. The number of ether oxygens (including phenoxy) is 1. The van der Waals surface area contributed by atoms with Crippen LogP contribution in [0.4, 0.5) is 23.2 Å². The number of fused-ring (bicyclic) bond motifs is 1. The molecule has 0 spiro atoms. The highest BCUT2D eigenvalue weighted by Crippen LogP contribution is 2.46. The molecule has 216 valence electrons. The molecule has 0 bridgehead atoms. The zero-order chi connectivity index (χ0) is 29.5. The number of hydrogen-bond donors (Lipinski definition) is 2. The lowest BCUT2D eigenvalue weighted by Gasteiger charge is -2.32. The van der Waals surface area contributed by atoms with Gasteiger partial charge in [0.05, 0.1) is 23.4 Å². The minimum Gasteiger partial charge on any atom is -0.497 e. The van der Waals surface area contributed by atoms with Gasteiger partial charge in [-0.05, 0) is 61.9 Å². The minimum absolute atomic E-state index is 0.0313. The van der Waals surface area contributed by atoms with Crippen molar-refractivity contribution in [3.63, 3.8) is 0 Å². The highest BCUT2D eigenvalue weighted by molar-refractivity contribution is 6.30. The molecule has 7 nitrogen and oxygen atoms in total. The molecule has 1 unspecified atom stereocenters. The summed E-state index contributed by atoms with van der Waals surface area (Å²) in [6.07, 6.45) is -1.93. The number of hydrogen-bond acceptors (Lipinski definition) is 5. The highest BCUT2D eigenvalue weighted by Gasteiger charge is 2.52. The van der Waals surface area contributed by atoms with Crippen LogP contribution in [0.25, 0.3) is 0 Å². The Morgan fingerprint density at radius 2 is 1.85 bits per heavy atom. The third kappa shape index (κ3) is 5.36. The quantitative estimate of drug-likeness (QED) is 0.371. The first kappa shape index (κ1) is 28.8. The van der Waals surface area contributed by atoms with Crippen LogP contribution in [0.5, 0.6) is 5.75 Å². The first-order valence-electron chi connectivity index (χ1n) is 12.9. The third-order valence-electron chi connectivity index (χ3n) is 7.69. The van der Waals surface area contributed by atoms with Crippen molar-refractivity contribution < 1.29 is 37.0 Å². The molecule has 12 heteroatoms. The summed E-state index contributed by atoms with van der Waals surface area (Å²) in [6, 6.07) is 11.0. The second kappa shape index (κ2) is 10.9. The van der Waals surface area contributed by atoms with Gasteiger partial charge in [0.25, 0.3) is 11.8 Å². The topological polar surface area (TPSA) is 91.8 Å². The van der Waals surface area contributed by atoms with Crippen LogP contribution >= 0.6 is 11.6 Å². The summed E-state index contributed by atoms with van der Waals surface area (Å²) in [6.45, 7) is 0.237. The number of anilines is 1. The van der Waals surface area contributed by atoms with Gasteiger partial charge in [0, 0.05) is 29.9 Å². The van der Waals surface area contributed by atoms with Crippen LogP contribution in [0.1, 0.15) is 52.9 Å². The molecule has 2 heterocycles. The van der Waals surface area contributed by atoms with E-state index in [2.05, 4.69) is 10.3 Å². The smallest absolute Gasteiger partial charge is 0.434 e. The lowest BCUT2D eigenvalue weighted by atomic mass is 9.85. The van der Waals surface area contributed by atoms with E-state index in [1.54, 1.807) is 24.3 Å². The number of para-hydroxylation sites is 1. The normalized spacial score (nSPS) is 22.4. The van der Waals surface area contributed by atoms with E-state index in [4.69, 9.17) is 16.3 Å². The largest absolute Gasteiger partial charge is 0.497 e. The Bertz CT molecular complexity index is 1490. The van der Waals surface area contributed by atoms with Gasteiger partial charge in [-0.3, -0.25) is 9.59 Å². The predicted molar refractivity (Wildman–Crippen MR) is 142 cm³/mol. The van der Waals surface area contributed by atoms with Gasteiger partial charge in [-0.1, -0.05) is 29.8 Å². The third-order valence-corrected chi connectivity index (χ3v) is 7.90. The molecule has 5 rings (SSSR count). The van der Waals surface area contributed by atoms with Crippen molar-refractivity contribution in [2.75, 3.05) is 18.6 Å². The van der Waals surface area contributed by atoms with Crippen molar-refractivity contribution in [1.29, 1.82) is 0 Å². The van der Waals surface area contributed by atoms with Crippen LogP contribution in [0.3, 0.4) is 0 Å². The second-order valence-corrected chi connectivity index (χ2v) is 10.7. The summed E-state index contributed by atoms with van der Waals surface area (Å²) < 4.78 is 60.2. The standard InChI is InChI=1S/C29H26ClF4N3O4/c1-41-19-10-11-23(31)22(13-19)28(40)21-4-2-3-5-24(21)37(27(28)39)15-16-6-8-18(9-7-16)36-26(38)20-12-17(30)14-35-25(20)29(32,33)34/h2-5,10-14,16,18,40H,6-9,15H2,1H3,(H,36,38)/t16-,18-,28?. The Balaban J connectivity index is 1.29. The zero-order valence-electron chi connectivity index (χ0n) is 21.8. The molecule has 2 N–H and O–H groups in total. The van der Waals surface area contributed by atoms with Crippen LogP contribution in [0.2, 0.25) is 5.02 Å². The zero-order valence-corrected chi connectivity index (χ0v) is 22.6. The number of halogens is 5. The number of benzene rings is 2. The molecule has 41 heavy (non-hydrogen) atoms. The van der Waals surface area contributed by atoms with Crippen molar-refractivity contribution in [3.8, 4) is 5.75 Å². The van der Waals surface area contributed by atoms with E-state index in [0.717, 1.165) is 18.3 Å². The van der Waals surface area contributed by atoms with Crippen LogP contribution in [-0.2, 0) is 16.6 Å². The number of pyridine rings is 1. The lowest BCUT2D eigenvalue weighted by Crippen LogP contribution is -2.45. The molecule has 1 aliphatic carbocycles. The molecular weight excluding hydrogens is 566 g/mol. The first-order valence-corrected chi connectivity index (χ1v) is 13.3. The summed E-state index contributed by atoms with van der Waals surface area (Å²) in [5.74, 6) is -2.09. The number of carbonyl (C=O) groups excluding carboxylic acids is 2. The predicted octanol–water partition coefficient (Wildman–Crippen LogP) is 5.47. The van der Waals surface area contributed by atoms with E-state index in [0.29, 0.717) is 31.4 Å². The average molecular weight is 592 g/mol. The molecule has 1 aromatic heterocycles. The van der Waals surface area contributed by atoms with Gasteiger partial charge in [0.2, 0.25) is 0 Å². The molecule has 0 saturated heterocycles. The fourth-order valence-electron chi connectivity index (χ4n) is 5.63. The molecule has 2 amide bonds. The maximum absolute atomic E-state index is 14.9. The number of rotatable bonds is 6. The first-order chi connectivity index (χ1) is 19.4. The summed E-state index contributed by atoms with van der Waals surface area (Å²) in [7, 11) is 1.40. The number of aromatic nitrogens is 1. The van der Waals surface area contributed by atoms with E-state index in [1.807, 2.05) is 0 Å². The van der Waals surface area contributed by atoms with E-state index in [1.165, 1.54) is 24.1 Å². The van der Waals surface area contributed by atoms with Gasteiger partial charge < -0.3 is 20.1 Å². The molecule has 2 aliphatic rings. The van der Waals surface area contributed by atoms with Crippen LogP contribution in [0.15, 0.2) is 54.7 Å². The van der Waals surface area contributed by atoms with Gasteiger partial charge in [-0.15, -0.1) is 0 Å². The monoisotopic (exact) mass is 591 g/mol. The van der Waals surface area contributed by atoms with Crippen molar-refractivity contribution in [3.05, 3.63) is 88.0 Å². The molecule has 2 aromatic carbocycles. The number of carbonyl (C=O) groups is 2. The second-order valence-electron chi connectivity index (χ2n) is 10.2. The Labute approximate surface area is 238 Å². The van der Waals surface area contributed by atoms with Crippen LogP contribution < -0.4 is 15.0 Å². The van der Waals surface area contributed by atoms with E-state index in [9.17, 15) is 32.3 Å². The number of methoxy groups -OCH3 is 1. The minimum atomic E-state index is -4.82. The van der Waals surface area contributed by atoms with E-state index in [-0.39, 0.29) is 40.4 Å². The number of amides is 2. The van der Waals surface area contributed by atoms with Crippen molar-refractivity contribution in [2.24, 2.45) is 5.92 Å². The number of nitrogens with one attached hydrogen (secondary N) is 1. The number of alkyl halides is 3. The summed E-state index contributed by atoms with van der Waals surface area (Å²) >= 11 is 5.80. The molecule has 1 atom stereocenters. The van der Waals surface area contributed by atoms with E-state index < -0.39 is 40.7 Å². The van der Waals surface area contributed by atoms with Crippen molar-refractivity contribution >= 4 is 29.1 Å². The average Bonchev–Trinajstić information content (AvgIpc) is 3.16. The van der Waals surface area contributed by atoms with Crippen LogP contribution in [-0.4, -0.2) is 41.6 Å². The lowest BCUT2D eigenvalue weighted by molar-refractivity contribution is -0.141. The molecule has 1 saturated carbocycles. The van der Waals surface area contributed by atoms with Crippen molar-refractivity contribution in [2.45, 2.75) is 43.5 Å². The Hall–Kier alpha value is -3.70. The van der Waals surface area contributed by atoms with Gasteiger partial charge in [-0.2, -0.15) is 13.2 Å². The maximum Gasteiger partial charge on any atom is 0.434 e. The number of nitrogens with zero attached hydrogens (tertiary/aromatic N) is 2. The summed E-state index contributed by atoms with van der Waals surface area (Å²) in [4.78, 5) is 31.2. The summed E-state index contributed by atoms with van der Waals surface area (Å²) in [5.41, 5.74) is -3.69. The van der Waals surface area contributed by atoms with Gasteiger partial charge in [-0.25, -0.2) is 9.37 Å². The maximum atomic E-state index is 14.9. The molecule has 1 fully saturated rings. The Kier molecular flexibility index (Phi) is 7.69. The molecule has 0 radical (unpaired) electrons. The van der Waals surface area contributed by atoms with Crippen molar-refractivity contribution in [1.82, 2.24) is 10.3 Å². The molecule has 1 aliphatic heterocycles. The summed E-state index contributed by atoms with van der Waals surface area (Å²) in [5, 5.41) is 14.3. The fraction of sp³-hybridized carbons (Fsp3) is 0.345. The van der Waals surface area contributed by atoms with Gasteiger partial charge >= 0.3 is 6.18 Å². The Morgan fingerprint density at radius 3 is 2.54 bits per heavy atom. The van der Waals surface area contributed by atoms with Gasteiger partial charge in [0.15, 0.2) is 11.3 Å². The fourth-order valence-corrected chi connectivity index (χ4v) is 5.79. The van der Waals surface area contributed by atoms with E-state index >= 15 is 0 Å².